The summed E-state index contributed by atoms with van der Waals surface area (Å²) in [6.45, 7) is 6.66. The minimum atomic E-state index is -4.55. The maximum atomic E-state index is 13.9. The van der Waals surface area contributed by atoms with Crippen molar-refractivity contribution in [2.24, 2.45) is 10.2 Å². The van der Waals surface area contributed by atoms with E-state index in [1.807, 2.05) is 37.4 Å². The van der Waals surface area contributed by atoms with E-state index >= 15 is 0 Å². The van der Waals surface area contributed by atoms with Crippen molar-refractivity contribution in [3.63, 3.8) is 0 Å². The highest BCUT2D eigenvalue weighted by molar-refractivity contribution is 5.93. The van der Waals surface area contributed by atoms with Crippen molar-refractivity contribution in [2.75, 3.05) is 39.8 Å². The number of azide groups is 2. The van der Waals surface area contributed by atoms with Crippen molar-refractivity contribution in [3.8, 4) is 0 Å². The van der Waals surface area contributed by atoms with E-state index in [1.165, 1.54) is 12.1 Å². The molecule has 52 heavy (non-hydrogen) atoms. The van der Waals surface area contributed by atoms with Gasteiger partial charge >= 0.3 is 12.3 Å². The zero-order valence-electron chi connectivity index (χ0n) is 29.6. The van der Waals surface area contributed by atoms with Crippen LogP contribution in [0.25, 0.3) is 31.8 Å². The number of halogens is 3. The fraction of sp³-hybridized carbons (Fsp3) is 0.486. The molecule has 3 aromatic rings. The number of alkyl halides is 3. The number of pyridine rings is 1. The van der Waals surface area contributed by atoms with Gasteiger partial charge in [0, 0.05) is 27.8 Å². The summed E-state index contributed by atoms with van der Waals surface area (Å²) < 4.78 is 45.5. The number of benzene rings is 2. The van der Waals surface area contributed by atoms with Crippen LogP contribution in [0, 0.1) is 0 Å². The Morgan fingerprint density at radius 2 is 1.54 bits per heavy atom. The predicted octanol–water partition coefficient (Wildman–Crippen LogP) is 6.83. The summed E-state index contributed by atoms with van der Waals surface area (Å²) in [5.74, 6) is -1.10. The van der Waals surface area contributed by atoms with Crippen LogP contribution in [0.1, 0.15) is 50.3 Å². The molecule has 0 saturated heterocycles. The minimum Gasteiger partial charge on any atom is -0.444 e. The van der Waals surface area contributed by atoms with Crippen LogP contribution in [0.3, 0.4) is 0 Å². The fourth-order valence-corrected chi connectivity index (χ4v) is 5.51. The van der Waals surface area contributed by atoms with E-state index < -0.39 is 47.2 Å². The third-order valence-corrected chi connectivity index (χ3v) is 8.26. The number of aromatic nitrogens is 1. The number of nitrogens with zero attached hydrogens (tertiary/aromatic N) is 8. The molecule has 2 N–H and O–H groups in total. The molecule has 2 aromatic carbocycles. The number of alkyl carbamates (subject to hydrolysis) is 1. The van der Waals surface area contributed by atoms with Crippen LogP contribution in [0.5, 0.6) is 0 Å². The van der Waals surface area contributed by atoms with E-state index in [9.17, 15) is 27.6 Å². The molecule has 1 unspecified atom stereocenters. The minimum absolute atomic E-state index is 0.109. The second kappa shape index (κ2) is 18.7. The zero-order chi connectivity index (χ0) is 38.4. The highest BCUT2D eigenvalue weighted by Gasteiger charge is 2.32. The maximum Gasteiger partial charge on any atom is 0.416 e. The van der Waals surface area contributed by atoms with Gasteiger partial charge in [0.15, 0.2) is 5.78 Å². The molecule has 0 bridgehead atoms. The van der Waals surface area contributed by atoms with E-state index in [-0.39, 0.29) is 32.4 Å². The Balaban J connectivity index is 1.88. The lowest BCUT2D eigenvalue weighted by molar-refractivity contribution is -0.907. The highest BCUT2D eigenvalue weighted by Crippen LogP contribution is 2.29. The largest absolute Gasteiger partial charge is 0.444 e. The summed E-state index contributed by atoms with van der Waals surface area (Å²) in [6.07, 6.45) is -3.61. The number of fused-ring (bicyclic) bond motifs is 1. The van der Waals surface area contributed by atoms with Gasteiger partial charge in [-0.25, -0.2) is 4.79 Å². The Labute approximate surface area is 299 Å². The van der Waals surface area contributed by atoms with Crippen LogP contribution in [-0.2, 0) is 33.3 Å². The summed E-state index contributed by atoms with van der Waals surface area (Å²) in [7, 11) is 1.89. The van der Waals surface area contributed by atoms with Crippen LogP contribution in [0.4, 0.5) is 18.0 Å². The number of ether oxygens (including phenoxy) is 1. The van der Waals surface area contributed by atoms with Crippen LogP contribution in [-0.4, -0.2) is 84.7 Å². The van der Waals surface area contributed by atoms with E-state index in [4.69, 9.17) is 15.8 Å². The molecule has 1 aromatic heterocycles. The van der Waals surface area contributed by atoms with Gasteiger partial charge in [0.1, 0.15) is 11.6 Å². The fourth-order valence-electron chi connectivity index (χ4n) is 5.51. The van der Waals surface area contributed by atoms with Crippen LogP contribution < -0.4 is 10.6 Å². The number of hydrogen-bond acceptors (Lipinski definition) is 7. The summed E-state index contributed by atoms with van der Waals surface area (Å²) in [5, 5.41) is 13.4. The monoisotopic (exact) mass is 725 g/mol. The average molecular weight is 726 g/mol. The number of carbonyl (C=O) groups is 3. The lowest BCUT2D eigenvalue weighted by Crippen LogP contribution is -2.54. The van der Waals surface area contributed by atoms with Crippen molar-refractivity contribution in [1.82, 2.24) is 15.6 Å². The van der Waals surface area contributed by atoms with Crippen molar-refractivity contribution in [3.05, 3.63) is 98.4 Å². The van der Waals surface area contributed by atoms with Gasteiger partial charge < -0.3 is 19.9 Å². The van der Waals surface area contributed by atoms with Gasteiger partial charge in [-0.1, -0.05) is 40.6 Å². The third kappa shape index (κ3) is 13.7. The summed E-state index contributed by atoms with van der Waals surface area (Å²) in [4.78, 5) is 50.6. The first-order chi connectivity index (χ1) is 24.5. The molecule has 0 spiro atoms. The Morgan fingerprint density at radius 1 is 0.904 bits per heavy atom. The molecule has 0 aliphatic heterocycles. The van der Waals surface area contributed by atoms with Gasteiger partial charge in [-0.3, -0.25) is 14.6 Å². The van der Waals surface area contributed by atoms with Gasteiger partial charge in [0.05, 0.1) is 56.9 Å². The molecule has 1 heterocycles. The SMILES string of the molecule is CC(C)(C)OC(=O)NC(CCC[N+](C)(CCN=[N+]=[N-])CCN=[N+]=[N-])C(=O)N[C@@H](Cc1ccc(C(F)(F)F)cc1)C(=O)Cc1cnc2ccccc2c1. The van der Waals surface area contributed by atoms with Crippen molar-refractivity contribution in [1.29, 1.82) is 0 Å². The molecule has 0 aliphatic rings. The molecular weight excluding hydrogens is 681 g/mol. The topological polar surface area (TPSA) is 195 Å². The normalized spacial score (nSPS) is 13.8. The Hall–Kier alpha value is -5.37. The van der Waals surface area contributed by atoms with Crippen LogP contribution in [0.2, 0.25) is 0 Å². The van der Waals surface area contributed by atoms with Gasteiger partial charge in [0.25, 0.3) is 0 Å². The number of amides is 2. The number of carbonyl (C=O) groups excluding carboxylic acids is 3. The number of Topliss-reactive ketones (excluding diaryl/α,β-unsaturated/α-hetero) is 1. The van der Waals surface area contributed by atoms with E-state index in [0.29, 0.717) is 41.7 Å². The lowest BCUT2D eigenvalue weighted by Gasteiger charge is -2.34. The number of likely N-dealkylation sites (N-methyl/N-ethyl adjacent to an activating group) is 1. The van der Waals surface area contributed by atoms with Gasteiger partial charge in [-0.15, -0.1) is 0 Å². The van der Waals surface area contributed by atoms with Crippen LogP contribution >= 0.6 is 0 Å². The molecule has 0 saturated carbocycles. The van der Waals surface area contributed by atoms with Crippen molar-refractivity contribution in [2.45, 2.75) is 70.3 Å². The molecular formula is C35H44F3N10O4+. The second-order valence-corrected chi connectivity index (χ2v) is 13.7. The molecule has 0 fully saturated rings. The Bertz CT molecular complexity index is 1760. The summed E-state index contributed by atoms with van der Waals surface area (Å²) in [5.41, 5.74) is 17.4. The number of hydrogen-bond donors (Lipinski definition) is 2. The highest BCUT2D eigenvalue weighted by atomic mass is 19.4. The van der Waals surface area contributed by atoms with E-state index in [1.54, 1.807) is 27.0 Å². The molecule has 2 amide bonds. The lowest BCUT2D eigenvalue weighted by atomic mass is 9.96. The van der Waals surface area contributed by atoms with E-state index in [0.717, 1.165) is 23.0 Å². The first-order valence-electron chi connectivity index (χ1n) is 16.7. The number of para-hydroxylation sites is 1. The molecule has 278 valence electrons. The van der Waals surface area contributed by atoms with Gasteiger partial charge in [0.2, 0.25) is 5.91 Å². The maximum absolute atomic E-state index is 13.9. The molecule has 0 aliphatic carbocycles. The molecule has 3 rings (SSSR count). The number of ketones is 1. The summed E-state index contributed by atoms with van der Waals surface area (Å²) in [6, 6.07) is 11.2. The predicted molar refractivity (Wildman–Crippen MR) is 189 cm³/mol. The number of rotatable bonds is 18. The average Bonchev–Trinajstić information content (AvgIpc) is 3.06. The first-order valence-corrected chi connectivity index (χ1v) is 16.7. The van der Waals surface area contributed by atoms with Gasteiger partial charge in [-0.2, -0.15) is 13.2 Å². The molecule has 14 nitrogen and oxygen atoms in total. The van der Waals surface area contributed by atoms with Gasteiger partial charge in [-0.05, 0) is 86.5 Å². The summed E-state index contributed by atoms with van der Waals surface area (Å²) >= 11 is 0. The Kier molecular flexibility index (Phi) is 14.8. The molecule has 2 atom stereocenters. The second-order valence-electron chi connectivity index (χ2n) is 13.7. The standard InChI is InChI=1S/C35H43F3N10O4/c1-34(2,3)52-33(51)45-29(10-7-17-48(4,18-15-42-46-39)19-16-43-47-40)32(50)44-30(21-24-11-13-27(14-12-24)35(36,37)38)31(49)22-25-20-26-8-5-6-9-28(26)41-23-25/h5-6,8-9,11-14,20,23,29-30H,7,10,15-19,21-22H2,1-4H3,(H-,44,45,50,51)/p+1/t29?,30-/m0/s1. The zero-order valence-corrected chi connectivity index (χ0v) is 29.6. The van der Waals surface area contributed by atoms with E-state index in [2.05, 4.69) is 35.7 Å². The Morgan fingerprint density at radius 3 is 2.13 bits per heavy atom. The smallest absolute Gasteiger partial charge is 0.416 e. The first kappa shape index (κ1) is 41.1. The van der Waals surface area contributed by atoms with Crippen molar-refractivity contribution >= 4 is 28.7 Å². The molecule has 0 radical (unpaired) electrons. The number of nitrogens with one attached hydrogen (secondary N) is 2. The quantitative estimate of drug-likeness (QED) is 0.0626. The molecule has 17 heteroatoms. The number of quaternary nitrogens is 1. The van der Waals surface area contributed by atoms with Crippen LogP contribution in [0.15, 0.2) is 71.0 Å². The third-order valence-electron chi connectivity index (χ3n) is 8.26. The van der Waals surface area contributed by atoms with Crippen molar-refractivity contribution < 1.29 is 36.8 Å².